The lowest BCUT2D eigenvalue weighted by atomic mass is 9.70. The van der Waals surface area contributed by atoms with Crippen molar-refractivity contribution in [1.29, 1.82) is 0 Å². The van der Waals surface area contributed by atoms with Gasteiger partial charge in [0.25, 0.3) is 0 Å². The Morgan fingerprint density at radius 3 is 1.71 bits per heavy atom. The number of hydrogen-bond donors (Lipinski definition) is 0. The van der Waals surface area contributed by atoms with Gasteiger partial charge in [0.05, 0.1) is 16.8 Å². The van der Waals surface area contributed by atoms with Gasteiger partial charge in [0.15, 0.2) is 5.58 Å². The fourth-order valence-electron chi connectivity index (χ4n) is 11.3. The molecule has 0 unspecified atom stereocenters. The van der Waals surface area contributed by atoms with Gasteiger partial charge in [-0.25, -0.2) is 0 Å². The lowest BCUT2D eigenvalue weighted by Gasteiger charge is -2.32. The largest absolute Gasteiger partial charge is 0.454 e. The van der Waals surface area contributed by atoms with Crippen LogP contribution in [-0.4, -0.2) is 0 Å². The van der Waals surface area contributed by atoms with Gasteiger partial charge in [-0.2, -0.15) is 0 Å². The molecule has 58 heavy (non-hydrogen) atoms. The second kappa shape index (κ2) is 11.2. The molecule has 0 aliphatic heterocycles. The predicted molar refractivity (Wildman–Crippen MR) is 240 cm³/mol. The van der Waals surface area contributed by atoms with E-state index in [9.17, 15) is 0 Å². The first-order chi connectivity index (χ1) is 28.5. The molecule has 272 valence electrons. The fraction of sp³-hybridized carbons (Fsp3) is 0.0714. The summed E-state index contributed by atoms with van der Waals surface area (Å²) in [7, 11) is 0. The number of benzene rings is 9. The van der Waals surface area contributed by atoms with E-state index in [4.69, 9.17) is 4.42 Å². The van der Waals surface area contributed by atoms with E-state index in [-0.39, 0.29) is 5.41 Å². The Hall–Kier alpha value is -7.16. The second-order valence-electron chi connectivity index (χ2n) is 16.7. The number of nitrogens with zero attached hydrogens (tertiary/aromatic N) is 1. The van der Waals surface area contributed by atoms with Gasteiger partial charge in [0.2, 0.25) is 0 Å². The number of hydrogen-bond acceptors (Lipinski definition) is 2. The van der Waals surface area contributed by atoms with Gasteiger partial charge in [-0.1, -0.05) is 172 Å². The molecule has 0 saturated carbocycles. The summed E-state index contributed by atoms with van der Waals surface area (Å²) < 4.78 is 7.03. The molecule has 1 heterocycles. The molecule has 2 nitrogen and oxygen atoms in total. The predicted octanol–water partition coefficient (Wildman–Crippen LogP) is 14.9. The van der Waals surface area contributed by atoms with Crippen molar-refractivity contribution in [2.75, 3.05) is 4.90 Å². The van der Waals surface area contributed by atoms with E-state index >= 15 is 0 Å². The summed E-state index contributed by atoms with van der Waals surface area (Å²) in [5.41, 5.74) is 20.2. The topological polar surface area (TPSA) is 16.4 Å². The summed E-state index contributed by atoms with van der Waals surface area (Å²) in [4.78, 5) is 2.51. The van der Waals surface area contributed by atoms with Gasteiger partial charge in [0.1, 0.15) is 5.58 Å². The van der Waals surface area contributed by atoms with Crippen LogP contribution in [0.2, 0.25) is 0 Å². The SMILES string of the molecule is CC1(C)c2ccccc2-c2ccc(N(c3cccc4c3-c3ccccc3C43c4ccccc4-c4ccccc43)c3cc4ccccc4c4c3oc3ccccc34)cc21. The molecule has 0 bridgehead atoms. The summed E-state index contributed by atoms with van der Waals surface area (Å²) in [5, 5.41) is 4.64. The number of furan rings is 1. The first-order valence-corrected chi connectivity index (χ1v) is 20.4. The highest BCUT2D eigenvalue weighted by molar-refractivity contribution is 6.23. The van der Waals surface area contributed by atoms with Crippen molar-refractivity contribution in [1.82, 2.24) is 0 Å². The van der Waals surface area contributed by atoms with Crippen LogP contribution in [-0.2, 0) is 10.8 Å². The Balaban J connectivity index is 1.17. The average molecular weight is 740 g/mol. The Kier molecular flexibility index (Phi) is 6.20. The van der Waals surface area contributed by atoms with Crippen LogP contribution in [0, 0.1) is 0 Å². The van der Waals surface area contributed by atoms with E-state index < -0.39 is 5.41 Å². The van der Waals surface area contributed by atoms with Crippen molar-refractivity contribution >= 4 is 49.8 Å². The molecule has 0 saturated heterocycles. The molecule has 0 atom stereocenters. The van der Waals surface area contributed by atoms with Crippen molar-refractivity contribution in [3.05, 3.63) is 221 Å². The van der Waals surface area contributed by atoms with E-state index in [1.54, 1.807) is 0 Å². The maximum atomic E-state index is 7.03. The highest BCUT2D eigenvalue weighted by Crippen LogP contribution is 2.65. The van der Waals surface area contributed by atoms with Crippen LogP contribution in [0.25, 0.3) is 66.1 Å². The summed E-state index contributed by atoms with van der Waals surface area (Å²) in [6.45, 7) is 4.74. The normalized spacial score (nSPS) is 14.7. The van der Waals surface area contributed by atoms with Crippen LogP contribution >= 0.6 is 0 Å². The number of fused-ring (bicyclic) bond motifs is 18. The maximum absolute atomic E-state index is 7.03. The first kappa shape index (κ1) is 32.0. The molecule has 13 rings (SSSR count). The third-order valence-electron chi connectivity index (χ3n) is 13.7. The summed E-state index contributed by atoms with van der Waals surface area (Å²) >= 11 is 0. The summed E-state index contributed by atoms with van der Waals surface area (Å²) in [5.74, 6) is 0. The smallest absolute Gasteiger partial charge is 0.160 e. The lowest BCUT2D eigenvalue weighted by Crippen LogP contribution is -2.26. The van der Waals surface area contributed by atoms with Crippen LogP contribution in [0.3, 0.4) is 0 Å². The molecule has 0 radical (unpaired) electrons. The Morgan fingerprint density at radius 1 is 0.414 bits per heavy atom. The minimum Gasteiger partial charge on any atom is -0.454 e. The van der Waals surface area contributed by atoms with Gasteiger partial charge < -0.3 is 9.32 Å². The van der Waals surface area contributed by atoms with Crippen molar-refractivity contribution < 1.29 is 4.42 Å². The minimum atomic E-state index is -0.458. The number of rotatable bonds is 3. The van der Waals surface area contributed by atoms with Crippen LogP contribution in [0.15, 0.2) is 192 Å². The monoisotopic (exact) mass is 739 g/mol. The molecular formula is C56H37NO. The first-order valence-electron chi connectivity index (χ1n) is 20.4. The highest BCUT2D eigenvalue weighted by atomic mass is 16.3. The van der Waals surface area contributed by atoms with Gasteiger partial charge in [0, 0.05) is 27.4 Å². The summed E-state index contributed by atoms with van der Waals surface area (Å²) in [6, 6.07) is 69.9. The standard InChI is InChI=1S/C56H37NO/c1-55(2)43-23-10-5-18-37(43)40-31-30-35(33-48(40)55)57(50-32-34-16-3-4-17-36(34)52-42-22-9-14-29-51(42)58-54(50)52)49-28-15-27-47-53(49)41-21-8-13-26-46(41)56(47)44-24-11-6-19-38(44)39-20-7-12-25-45(39)56/h3-33H,1-2H3. The van der Waals surface area contributed by atoms with E-state index in [0.717, 1.165) is 39.0 Å². The summed E-state index contributed by atoms with van der Waals surface area (Å²) in [6.07, 6.45) is 0. The molecule has 3 aliphatic carbocycles. The van der Waals surface area contributed by atoms with Crippen molar-refractivity contribution in [2.24, 2.45) is 0 Å². The average Bonchev–Trinajstić information content (AvgIpc) is 3.97. The number of para-hydroxylation sites is 1. The molecule has 3 aliphatic rings. The Labute approximate surface area is 337 Å². The molecule has 0 N–H and O–H groups in total. The number of anilines is 3. The van der Waals surface area contributed by atoms with Gasteiger partial charge in [-0.3, -0.25) is 0 Å². The highest BCUT2D eigenvalue weighted by Gasteiger charge is 2.52. The van der Waals surface area contributed by atoms with Crippen molar-refractivity contribution in [3.63, 3.8) is 0 Å². The molecule has 1 aromatic heterocycles. The van der Waals surface area contributed by atoms with Crippen LogP contribution in [0.4, 0.5) is 17.1 Å². The van der Waals surface area contributed by atoms with E-state index in [2.05, 4.69) is 207 Å². The molecule has 0 amide bonds. The quantitative estimate of drug-likeness (QED) is 0.179. The Morgan fingerprint density at radius 2 is 0.966 bits per heavy atom. The fourth-order valence-corrected chi connectivity index (χ4v) is 11.3. The van der Waals surface area contributed by atoms with Crippen molar-refractivity contribution in [3.8, 4) is 33.4 Å². The van der Waals surface area contributed by atoms with E-state index in [1.165, 1.54) is 77.5 Å². The van der Waals surface area contributed by atoms with Crippen molar-refractivity contribution in [2.45, 2.75) is 24.7 Å². The third kappa shape index (κ3) is 3.88. The van der Waals surface area contributed by atoms with Gasteiger partial charge in [-0.05, 0) is 102 Å². The molecule has 1 spiro atoms. The van der Waals surface area contributed by atoms with Gasteiger partial charge in [-0.15, -0.1) is 0 Å². The second-order valence-corrected chi connectivity index (χ2v) is 16.7. The zero-order valence-corrected chi connectivity index (χ0v) is 32.3. The molecule has 0 fully saturated rings. The van der Waals surface area contributed by atoms with Crippen LogP contribution in [0.5, 0.6) is 0 Å². The van der Waals surface area contributed by atoms with Crippen LogP contribution < -0.4 is 4.90 Å². The third-order valence-corrected chi connectivity index (χ3v) is 13.7. The van der Waals surface area contributed by atoms with E-state index in [1.807, 2.05) is 0 Å². The van der Waals surface area contributed by atoms with Gasteiger partial charge >= 0.3 is 0 Å². The minimum absolute atomic E-state index is 0.168. The molecule has 9 aromatic carbocycles. The zero-order chi connectivity index (χ0) is 38.3. The zero-order valence-electron chi connectivity index (χ0n) is 32.3. The maximum Gasteiger partial charge on any atom is 0.160 e. The molecule has 10 aromatic rings. The lowest BCUT2D eigenvalue weighted by molar-refractivity contribution is 0.660. The van der Waals surface area contributed by atoms with E-state index in [0.29, 0.717) is 0 Å². The molecule has 2 heteroatoms. The van der Waals surface area contributed by atoms with Crippen LogP contribution in [0.1, 0.15) is 47.2 Å². The Bertz CT molecular complexity index is 3350. The molecular weight excluding hydrogens is 703 g/mol.